The topological polar surface area (TPSA) is 80.3 Å². The highest BCUT2D eigenvalue weighted by atomic mass is 16.4. The van der Waals surface area contributed by atoms with Crippen LogP contribution >= 0.6 is 0 Å². The van der Waals surface area contributed by atoms with Crippen molar-refractivity contribution in [1.82, 2.24) is 14.9 Å². The lowest BCUT2D eigenvalue weighted by Crippen LogP contribution is -2.15. The largest absolute Gasteiger partial charge is 0.478 e. The van der Waals surface area contributed by atoms with E-state index >= 15 is 0 Å². The van der Waals surface area contributed by atoms with Gasteiger partial charge in [0.15, 0.2) is 0 Å². The van der Waals surface area contributed by atoms with E-state index in [2.05, 4.69) is 10.3 Å². The summed E-state index contributed by atoms with van der Waals surface area (Å²) in [5, 5.41) is 12.1. The van der Waals surface area contributed by atoms with Gasteiger partial charge in [-0.2, -0.15) is 0 Å². The minimum atomic E-state index is -0.966. The summed E-state index contributed by atoms with van der Waals surface area (Å²) in [6, 6.07) is 1.54. The zero-order valence-corrected chi connectivity index (χ0v) is 10.3. The molecular formula is C12H15N3O3. The van der Waals surface area contributed by atoms with Crippen LogP contribution in [0.3, 0.4) is 0 Å². The number of nitrogens with zero attached hydrogens (tertiary/aromatic N) is 2. The van der Waals surface area contributed by atoms with Crippen molar-refractivity contribution >= 4 is 5.97 Å². The van der Waals surface area contributed by atoms with Crippen LogP contribution in [-0.2, 0) is 20.1 Å². The van der Waals surface area contributed by atoms with Gasteiger partial charge >= 0.3 is 5.97 Å². The maximum Gasteiger partial charge on any atom is 0.339 e. The third-order valence-corrected chi connectivity index (χ3v) is 2.70. The Morgan fingerprint density at radius 3 is 2.89 bits per heavy atom. The predicted octanol–water partition coefficient (Wildman–Crippen LogP) is 1.31. The first-order valence-electron chi connectivity index (χ1n) is 5.57. The van der Waals surface area contributed by atoms with Crippen LogP contribution in [0, 0.1) is 6.92 Å². The molecule has 0 spiro atoms. The van der Waals surface area contributed by atoms with Crippen molar-refractivity contribution in [1.29, 1.82) is 0 Å². The second-order valence-electron chi connectivity index (χ2n) is 4.05. The smallest absolute Gasteiger partial charge is 0.339 e. The van der Waals surface area contributed by atoms with Gasteiger partial charge in [-0.05, 0) is 13.0 Å². The summed E-state index contributed by atoms with van der Waals surface area (Å²) in [6.45, 7) is 2.72. The van der Waals surface area contributed by atoms with Crippen LogP contribution in [0.5, 0.6) is 0 Å². The number of carboxylic acids is 1. The number of aryl methyl sites for hydroxylation is 2. The Bertz CT molecular complexity index is 557. The average molecular weight is 249 g/mol. The highest BCUT2D eigenvalue weighted by Gasteiger charge is 2.13. The molecule has 6 heteroatoms. The summed E-state index contributed by atoms with van der Waals surface area (Å²) in [5.74, 6) is 0.985. The van der Waals surface area contributed by atoms with Gasteiger partial charge in [0.25, 0.3) is 0 Å². The molecule has 0 bridgehead atoms. The van der Waals surface area contributed by atoms with Crippen molar-refractivity contribution in [2.24, 2.45) is 7.05 Å². The van der Waals surface area contributed by atoms with E-state index in [-0.39, 0.29) is 5.56 Å². The van der Waals surface area contributed by atoms with Crippen LogP contribution in [-0.4, -0.2) is 20.6 Å². The maximum atomic E-state index is 10.8. The van der Waals surface area contributed by atoms with Crippen molar-refractivity contribution in [3.05, 3.63) is 41.4 Å². The molecule has 2 aromatic heterocycles. The summed E-state index contributed by atoms with van der Waals surface area (Å²) >= 11 is 0. The standard InChI is InChI=1S/C12H15N3O3/c1-8-10(12(16)17)5-9(18-8)6-13-7-11-14-3-4-15(11)2/h3-5,13H,6-7H2,1-2H3,(H,16,17). The molecule has 96 valence electrons. The van der Waals surface area contributed by atoms with Gasteiger partial charge in [0.05, 0.1) is 13.1 Å². The van der Waals surface area contributed by atoms with E-state index in [1.54, 1.807) is 19.2 Å². The highest BCUT2D eigenvalue weighted by molar-refractivity contribution is 5.88. The van der Waals surface area contributed by atoms with Gasteiger partial charge in [0, 0.05) is 19.4 Å². The molecule has 0 aliphatic rings. The van der Waals surface area contributed by atoms with Crippen LogP contribution in [0.25, 0.3) is 0 Å². The summed E-state index contributed by atoms with van der Waals surface area (Å²) in [7, 11) is 1.92. The third kappa shape index (κ3) is 2.60. The molecule has 6 nitrogen and oxygen atoms in total. The van der Waals surface area contributed by atoms with Crippen molar-refractivity contribution < 1.29 is 14.3 Å². The Balaban J connectivity index is 1.93. The quantitative estimate of drug-likeness (QED) is 0.835. The van der Waals surface area contributed by atoms with Crippen LogP contribution in [0.1, 0.15) is 27.7 Å². The molecule has 0 aliphatic heterocycles. The Labute approximate surface area is 104 Å². The molecule has 0 aliphatic carbocycles. The van der Waals surface area contributed by atoms with Gasteiger partial charge < -0.3 is 19.4 Å². The number of imidazole rings is 1. The molecule has 18 heavy (non-hydrogen) atoms. The normalized spacial score (nSPS) is 10.8. The number of carbonyl (C=O) groups is 1. The van der Waals surface area contributed by atoms with Gasteiger partial charge in [0.1, 0.15) is 22.9 Å². The first-order valence-corrected chi connectivity index (χ1v) is 5.57. The maximum absolute atomic E-state index is 10.8. The lowest BCUT2D eigenvalue weighted by atomic mass is 10.2. The van der Waals surface area contributed by atoms with E-state index in [0.29, 0.717) is 24.6 Å². The fraction of sp³-hybridized carbons (Fsp3) is 0.333. The molecule has 0 saturated carbocycles. The SMILES string of the molecule is Cc1oc(CNCc2nccn2C)cc1C(=O)O. The molecule has 0 radical (unpaired) electrons. The molecule has 0 fully saturated rings. The molecular weight excluding hydrogens is 234 g/mol. The van der Waals surface area contributed by atoms with Gasteiger partial charge in [-0.15, -0.1) is 0 Å². The van der Waals surface area contributed by atoms with Gasteiger partial charge in [-0.1, -0.05) is 0 Å². The number of hydrogen-bond donors (Lipinski definition) is 2. The second-order valence-corrected chi connectivity index (χ2v) is 4.05. The highest BCUT2D eigenvalue weighted by Crippen LogP contribution is 2.14. The van der Waals surface area contributed by atoms with Gasteiger partial charge in [0.2, 0.25) is 0 Å². The lowest BCUT2D eigenvalue weighted by Gasteiger charge is -2.02. The molecule has 2 heterocycles. The van der Waals surface area contributed by atoms with Gasteiger partial charge in [-0.3, -0.25) is 0 Å². The predicted molar refractivity (Wildman–Crippen MR) is 64.2 cm³/mol. The van der Waals surface area contributed by atoms with Crippen molar-refractivity contribution in [3.8, 4) is 0 Å². The molecule has 0 amide bonds. The molecule has 0 atom stereocenters. The first kappa shape index (κ1) is 12.4. The van der Waals surface area contributed by atoms with Crippen molar-refractivity contribution in [3.63, 3.8) is 0 Å². The summed E-state index contributed by atoms with van der Waals surface area (Å²) in [5.41, 5.74) is 0.212. The zero-order chi connectivity index (χ0) is 13.1. The van der Waals surface area contributed by atoms with Gasteiger partial charge in [-0.25, -0.2) is 9.78 Å². The molecule has 0 unspecified atom stereocenters. The summed E-state index contributed by atoms with van der Waals surface area (Å²) in [6.07, 6.45) is 3.60. The molecule has 2 N–H and O–H groups in total. The second kappa shape index (κ2) is 5.05. The minimum Gasteiger partial charge on any atom is -0.478 e. The van der Waals surface area contributed by atoms with Crippen molar-refractivity contribution in [2.45, 2.75) is 20.0 Å². The average Bonchev–Trinajstić information content (AvgIpc) is 2.86. The fourth-order valence-corrected chi connectivity index (χ4v) is 1.71. The zero-order valence-electron chi connectivity index (χ0n) is 10.3. The van der Waals surface area contributed by atoms with Crippen molar-refractivity contribution in [2.75, 3.05) is 0 Å². The number of aromatic nitrogens is 2. The number of furan rings is 1. The van der Waals surface area contributed by atoms with E-state index in [1.165, 1.54) is 0 Å². The molecule has 0 aromatic carbocycles. The number of aromatic carboxylic acids is 1. The monoisotopic (exact) mass is 249 g/mol. The van der Waals surface area contributed by atoms with Crippen LogP contribution in [0.4, 0.5) is 0 Å². The number of carboxylic acid groups (broad SMARTS) is 1. The number of hydrogen-bond acceptors (Lipinski definition) is 4. The number of nitrogens with one attached hydrogen (secondary N) is 1. The molecule has 2 aromatic rings. The Hall–Kier alpha value is -2.08. The van der Waals surface area contributed by atoms with Crippen LogP contribution in [0.15, 0.2) is 22.9 Å². The van der Waals surface area contributed by atoms with E-state index in [4.69, 9.17) is 9.52 Å². The first-order chi connectivity index (χ1) is 8.58. The Morgan fingerprint density at radius 2 is 2.33 bits per heavy atom. The minimum absolute atomic E-state index is 0.212. The van der Waals surface area contributed by atoms with E-state index in [0.717, 1.165) is 5.82 Å². The molecule has 0 saturated heterocycles. The van der Waals surface area contributed by atoms with E-state index in [1.807, 2.05) is 17.8 Å². The van der Waals surface area contributed by atoms with E-state index in [9.17, 15) is 4.79 Å². The summed E-state index contributed by atoms with van der Waals surface area (Å²) in [4.78, 5) is 15.0. The summed E-state index contributed by atoms with van der Waals surface area (Å²) < 4.78 is 7.27. The Morgan fingerprint density at radius 1 is 1.56 bits per heavy atom. The molecule has 2 rings (SSSR count). The van der Waals surface area contributed by atoms with Crippen LogP contribution < -0.4 is 5.32 Å². The number of rotatable bonds is 5. The third-order valence-electron chi connectivity index (χ3n) is 2.70. The van der Waals surface area contributed by atoms with Crippen LogP contribution in [0.2, 0.25) is 0 Å². The van der Waals surface area contributed by atoms with E-state index < -0.39 is 5.97 Å². The fourth-order valence-electron chi connectivity index (χ4n) is 1.71. The lowest BCUT2D eigenvalue weighted by molar-refractivity contribution is 0.0695. The Kier molecular flexibility index (Phi) is 3.47.